The standard InChI is InChI=1S/C23H24N10O2/c1-5-15-17(14-7-10-32(3)29-14)18(20(24)34)19-21(27-16-12-13(35-4)6-8-25-16)28-22(30-33(15)19)23-26-9-11-31(23)2/h6-12H,5H2,1-4H3,(H2,24,34)(H,25,27,28,30). The Morgan fingerprint density at radius 1 is 1.14 bits per heavy atom. The van der Waals surface area contributed by atoms with E-state index in [4.69, 9.17) is 20.6 Å². The Hall–Kier alpha value is -4.74. The average Bonchev–Trinajstić information content (AvgIpc) is 3.55. The van der Waals surface area contributed by atoms with E-state index in [0.29, 0.717) is 52.2 Å². The fourth-order valence-corrected chi connectivity index (χ4v) is 4.10. The van der Waals surface area contributed by atoms with E-state index in [9.17, 15) is 4.79 Å². The lowest BCUT2D eigenvalue weighted by Crippen LogP contribution is -2.14. The minimum Gasteiger partial charge on any atom is -0.497 e. The number of primary amides is 1. The van der Waals surface area contributed by atoms with Crippen LogP contribution in [0.3, 0.4) is 0 Å². The van der Waals surface area contributed by atoms with Gasteiger partial charge in [-0.25, -0.2) is 19.5 Å². The summed E-state index contributed by atoms with van der Waals surface area (Å²) in [5.74, 6) is 1.76. The van der Waals surface area contributed by atoms with Crippen LogP contribution in [0, 0.1) is 0 Å². The first-order valence-corrected chi connectivity index (χ1v) is 10.9. The summed E-state index contributed by atoms with van der Waals surface area (Å²) in [6.07, 6.45) is 7.47. The number of amides is 1. The Bertz CT molecular complexity index is 1560. The molecule has 12 nitrogen and oxygen atoms in total. The second-order valence-electron chi connectivity index (χ2n) is 7.90. The van der Waals surface area contributed by atoms with Crippen LogP contribution in [0.25, 0.3) is 28.4 Å². The van der Waals surface area contributed by atoms with Gasteiger partial charge in [0, 0.05) is 50.5 Å². The maximum atomic E-state index is 12.9. The van der Waals surface area contributed by atoms with E-state index in [0.717, 1.165) is 5.69 Å². The van der Waals surface area contributed by atoms with E-state index in [1.54, 1.807) is 40.8 Å². The Balaban J connectivity index is 1.86. The number of ether oxygens (including phenoxy) is 1. The maximum Gasteiger partial charge on any atom is 0.251 e. The summed E-state index contributed by atoms with van der Waals surface area (Å²) in [5.41, 5.74) is 8.65. The van der Waals surface area contributed by atoms with Crippen LogP contribution >= 0.6 is 0 Å². The smallest absolute Gasteiger partial charge is 0.251 e. The highest BCUT2D eigenvalue weighted by Gasteiger charge is 2.29. The number of hydrogen-bond donors (Lipinski definition) is 2. The average molecular weight is 473 g/mol. The van der Waals surface area contributed by atoms with Gasteiger partial charge in [0.2, 0.25) is 5.82 Å². The van der Waals surface area contributed by atoms with Crippen molar-refractivity contribution in [3.63, 3.8) is 0 Å². The zero-order valence-corrected chi connectivity index (χ0v) is 19.7. The third kappa shape index (κ3) is 3.74. The molecule has 0 unspecified atom stereocenters. The van der Waals surface area contributed by atoms with E-state index in [-0.39, 0.29) is 5.56 Å². The van der Waals surface area contributed by atoms with Crippen LogP contribution in [-0.2, 0) is 20.5 Å². The monoisotopic (exact) mass is 472 g/mol. The number of anilines is 2. The first kappa shape index (κ1) is 22.1. The topological polar surface area (TPSA) is 143 Å². The molecule has 0 aliphatic carbocycles. The van der Waals surface area contributed by atoms with E-state index in [1.165, 1.54) is 0 Å². The molecule has 0 aromatic carbocycles. The predicted molar refractivity (Wildman–Crippen MR) is 129 cm³/mol. The van der Waals surface area contributed by atoms with Crippen LogP contribution in [0.2, 0.25) is 0 Å². The molecule has 0 aliphatic rings. The molecule has 0 saturated heterocycles. The molecule has 0 spiro atoms. The van der Waals surface area contributed by atoms with Crippen molar-refractivity contribution < 1.29 is 9.53 Å². The van der Waals surface area contributed by atoms with Crippen LogP contribution in [0.1, 0.15) is 23.0 Å². The van der Waals surface area contributed by atoms with Crippen LogP contribution < -0.4 is 15.8 Å². The van der Waals surface area contributed by atoms with Gasteiger partial charge in [-0.05, 0) is 18.6 Å². The van der Waals surface area contributed by atoms with Crippen LogP contribution in [0.5, 0.6) is 5.75 Å². The minimum absolute atomic E-state index is 0.275. The zero-order valence-electron chi connectivity index (χ0n) is 19.7. The fraction of sp³-hybridized carbons (Fsp3) is 0.217. The number of nitrogens with one attached hydrogen (secondary N) is 1. The van der Waals surface area contributed by atoms with Crippen LogP contribution in [-0.4, -0.2) is 51.9 Å². The first-order valence-electron chi connectivity index (χ1n) is 10.9. The number of carbonyl (C=O) groups excluding carboxylic acids is 1. The third-order valence-electron chi connectivity index (χ3n) is 5.67. The van der Waals surface area contributed by atoms with Gasteiger partial charge in [0.1, 0.15) is 17.1 Å². The fourth-order valence-electron chi connectivity index (χ4n) is 4.10. The molecule has 0 fully saturated rings. The van der Waals surface area contributed by atoms with E-state index in [2.05, 4.69) is 20.4 Å². The summed E-state index contributed by atoms with van der Waals surface area (Å²) in [4.78, 5) is 26.4. The molecule has 3 N–H and O–H groups in total. The predicted octanol–water partition coefficient (Wildman–Crippen LogP) is 2.34. The van der Waals surface area contributed by atoms with Gasteiger partial charge in [0.15, 0.2) is 11.6 Å². The number of aromatic nitrogens is 8. The van der Waals surface area contributed by atoms with Gasteiger partial charge in [-0.15, -0.1) is 5.10 Å². The van der Waals surface area contributed by atoms with Crippen LogP contribution in [0.4, 0.5) is 11.6 Å². The van der Waals surface area contributed by atoms with Crippen molar-refractivity contribution in [2.45, 2.75) is 13.3 Å². The zero-order chi connectivity index (χ0) is 24.7. The van der Waals surface area contributed by atoms with Crippen molar-refractivity contribution in [2.24, 2.45) is 19.8 Å². The van der Waals surface area contributed by atoms with Gasteiger partial charge in [-0.1, -0.05) is 6.92 Å². The summed E-state index contributed by atoms with van der Waals surface area (Å²) in [7, 11) is 5.25. The van der Waals surface area contributed by atoms with Gasteiger partial charge >= 0.3 is 0 Å². The molecule has 0 atom stereocenters. The van der Waals surface area contributed by atoms with E-state index >= 15 is 0 Å². The molecular formula is C23H24N10O2. The number of hydrogen-bond acceptors (Lipinski definition) is 8. The quantitative estimate of drug-likeness (QED) is 0.367. The summed E-state index contributed by atoms with van der Waals surface area (Å²) >= 11 is 0. The lowest BCUT2D eigenvalue weighted by molar-refractivity contribution is 0.100. The van der Waals surface area contributed by atoms with Crippen molar-refractivity contribution in [3.8, 4) is 28.7 Å². The molecule has 5 aromatic rings. The lowest BCUT2D eigenvalue weighted by Gasteiger charge is -2.11. The number of fused-ring (bicyclic) bond motifs is 1. The summed E-state index contributed by atoms with van der Waals surface area (Å²) in [6, 6.07) is 5.30. The molecule has 12 heteroatoms. The second-order valence-corrected chi connectivity index (χ2v) is 7.90. The largest absolute Gasteiger partial charge is 0.497 e. The molecule has 0 bridgehead atoms. The van der Waals surface area contributed by atoms with Gasteiger partial charge in [-0.2, -0.15) is 5.10 Å². The van der Waals surface area contributed by atoms with Crippen molar-refractivity contribution >= 4 is 23.1 Å². The summed E-state index contributed by atoms with van der Waals surface area (Å²) in [5, 5.41) is 12.5. The highest BCUT2D eigenvalue weighted by Crippen LogP contribution is 2.36. The molecule has 35 heavy (non-hydrogen) atoms. The van der Waals surface area contributed by atoms with Gasteiger partial charge in [0.05, 0.1) is 24.1 Å². The van der Waals surface area contributed by atoms with Crippen molar-refractivity contribution in [2.75, 3.05) is 12.4 Å². The van der Waals surface area contributed by atoms with Gasteiger partial charge in [0.25, 0.3) is 5.91 Å². The molecule has 1 amide bonds. The van der Waals surface area contributed by atoms with Gasteiger partial charge < -0.3 is 20.4 Å². The molecule has 5 heterocycles. The van der Waals surface area contributed by atoms with Crippen molar-refractivity contribution in [1.29, 1.82) is 0 Å². The molecule has 0 aliphatic heterocycles. The van der Waals surface area contributed by atoms with Crippen LogP contribution in [0.15, 0.2) is 43.0 Å². The number of carbonyl (C=O) groups is 1. The highest BCUT2D eigenvalue weighted by atomic mass is 16.5. The molecule has 0 saturated carbocycles. The summed E-state index contributed by atoms with van der Waals surface area (Å²) < 4.78 is 10.5. The van der Waals surface area contributed by atoms with Crippen molar-refractivity contribution in [3.05, 3.63) is 54.2 Å². The Labute approximate surface area is 200 Å². The molecule has 178 valence electrons. The van der Waals surface area contributed by atoms with E-state index < -0.39 is 5.91 Å². The molecular weight excluding hydrogens is 448 g/mol. The first-order chi connectivity index (χ1) is 16.9. The SMILES string of the molecule is CCc1c(-c2ccn(C)n2)c(C(N)=O)c2c(Nc3cc(OC)ccn3)nc(-c3nccn3C)nn12. The lowest BCUT2D eigenvalue weighted by atomic mass is 10.0. The number of nitrogens with zero attached hydrogens (tertiary/aromatic N) is 8. The third-order valence-corrected chi connectivity index (χ3v) is 5.67. The number of nitrogens with two attached hydrogens (primary N) is 1. The summed E-state index contributed by atoms with van der Waals surface area (Å²) in [6.45, 7) is 1.98. The normalized spacial score (nSPS) is 11.2. The Kier molecular flexibility index (Phi) is 5.40. The highest BCUT2D eigenvalue weighted by molar-refractivity contribution is 6.10. The minimum atomic E-state index is -0.613. The number of rotatable bonds is 7. The Morgan fingerprint density at radius 3 is 2.60 bits per heavy atom. The second kappa shape index (κ2) is 8.56. The Morgan fingerprint density at radius 2 is 1.97 bits per heavy atom. The molecule has 5 rings (SSSR count). The van der Waals surface area contributed by atoms with E-state index in [1.807, 2.05) is 44.0 Å². The molecule has 5 aromatic heterocycles. The van der Waals surface area contributed by atoms with Crippen molar-refractivity contribution in [1.82, 2.24) is 38.9 Å². The number of aryl methyl sites for hydroxylation is 3. The number of methoxy groups -OCH3 is 1. The van der Waals surface area contributed by atoms with Gasteiger partial charge in [-0.3, -0.25) is 9.48 Å². The maximum absolute atomic E-state index is 12.9. The number of pyridine rings is 1. The number of imidazole rings is 1. The molecule has 0 radical (unpaired) electrons.